The van der Waals surface area contributed by atoms with Crippen LogP contribution in [0.5, 0.6) is 0 Å². The molecule has 244 valence electrons. The number of para-hydroxylation sites is 4. The van der Waals surface area contributed by atoms with Gasteiger partial charge in [0.15, 0.2) is 0 Å². The first kappa shape index (κ1) is 28.8. The SMILES string of the molecule is c1ccc(N(c2ccccc2)c2cc3c4c(c2)N(c2ccccc2)c2ccccc2B4c2ccc4c5cccc6cccc(c7ccc-3c2c47)c65)cc1. The van der Waals surface area contributed by atoms with Crippen LogP contribution in [0.4, 0.5) is 34.1 Å². The zero-order valence-corrected chi connectivity index (χ0v) is 28.9. The first-order valence-electron chi connectivity index (χ1n) is 18.5. The van der Waals surface area contributed by atoms with Crippen molar-refractivity contribution in [2.75, 3.05) is 9.80 Å². The molecule has 0 aliphatic carbocycles. The van der Waals surface area contributed by atoms with Crippen LogP contribution in [0, 0.1) is 0 Å². The maximum atomic E-state index is 2.49. The fourth-order valence-electron chi connectivity index (χ4n) is 9.69. The smallest absolute Gasteiger partial charge is 0.248 e. The third-order valence-corrected chi connectivity index (χ3v) is 11.7. The molecule has 0 unspecified atom stereocenters. The third-order valence-electron chi connectivity index (χ3n) is 11.7. The van der Waals surface area contributed by atoms with E-state index in [-0.39, 0.29) is 6.71 Å². The Balaban J connectivity index is 1.25. The summed E-state index contributed by atoms with van der Waals surface area (Å²) in [7, 11) is 0. The normalized spacial score (nSPS) is 12.8. The summed E-state index contributed by atoms with van der Waals surface area (Å²) in [6.45, 7) is 0.0804. The second kappa shape index (κ2) is 10.8. The highest BCUT2D eigenvalue weighted by molar-refractivity contribution is 7.01. The number of hydrogen-bond donors (Lipinski definition) is 0. The van der Waals surface area contributed by atoms with E-state index in [4.69, 9.17) is 0 Å². The van der Waals surface area contributed by atoms with E-state index in [1.54, 1.807) is 0 Å². The Kier molecular flexibility index (Phi) is 5.89. The molecular formula is C50H31BN2. The van der Waals surface area contributed by atoms with Gasteiger partial charge in [-0.2, -0.15) is 0 Å². The van der Waals surface area contributed by atoms with Crippen molar-refractivity contribution in [3.63, 3.8) is 0 Å². The van der Waals surface area contributed by atoms with Gasteiger partial charge in [-0.15, -0.1) is 0 Å². The summed E-state index contributed by atoms with van der Waals surface area (Å²) in [6, 6.07) is 69.6. The van der Waals surface area contributed by atoms with Gasteiger partial charge in [0.1, 0.15) is 0 Å². The fourth-order valence-corrected chi connectivity index (χ4v) is 9.69. The molecule has 0 radical (unpaired) electrons. The average Bonchev–Trinajstić information content (AvgIpc) is 3.22. The molecule has 2 aliphatic rings. The summed E-state index contributed by atoms with van der Waals surface area (Å²) in [5.41, 5.74) is 13.7. The highest BCUT2D eigenvalue weighted by Crippen LogP contribution is 2.48. The van der Waals surface area contributed by atoms with Gasteiger partial charge in [0.25, 0.3) is 0 Å². The van der Waals surface area contributed by atoms with Gasteiger partial charge in [-0.05, 0) is 120 Å². The van der Waals surface area contributed by atoms with Gasteiger partial charge in [0.05, 0.1) is 0 Å². The van der Waals surface area contributed by atoms with E-state index in [0.29, 0.717) is 0 Å². The van der Waals surface area contributed by atoms with Crippen molar-refractivity contribution in [2.45, 2.75) is 0 Å². The van der Waals surface area contributed by atoms with Crippen molar-refractivity contribution in [1.29, 1.82) is 0 Å². The Morgan fingerprint density at radius 2 is 0.981 bits per heavy atom. The molecule has 0 saturated heterocycles. The molecule has 10 aromatic carbocycles. The molecular weight excluding hydrogens is 639 g/mol. The molecule has 2 aliphatic heterocycles. The number of nitrogens with zero attached hydrogens (tertiary/aromatic N) is 2. The minimum absolute atomic E-state index is 0.0804. The second-order valence-corrected chi connectivity index (χ2v) is 14.4. The monoisotopic (exact) mass is 670 g/mol. The standard InChI is InChI=1S/C50H31BN2/c1-4-16-33(17-5-1)52(34-18-6-2-7-19-34)36-30-42-41-27-26-39-37-22-12-14-32-15-13-23-38(47(32)37)40-28-29-44(49(41)48(39)40)51-43-24-10-11-25-45(43)53(46(31-36)50(42)51)35-20-8-3-9-21-35/h1-31H. The van der Waals surface area contributed by atoms with Crippen LogP contribution < -0.4 is 26.2 Å². The van der Waals surface area contributed by atoms with Crippen molar-refractivity contribution < 1.29 is 0 Å². The largest absolute Gasteiger partial charge is 0.311 e. The minimum Gasteiger partial charge on any atom is -0.311 e. The highest BCUT2D eigenvalue weighted by atomic mass is 15.2. The predicted molar refractivity (Wildman–Crippen MR) is 227 cm³/mol. The van der Waals surface area contributed by atoms with Crippen LogP contribution in [0.25, 0.3) is 54.2 Å². The zero-order chi connectivity index (χ0) is 34.6. The molecule has 2 heterocycles. The Morgan fingerprint density at radius 1 is 0.377 bits per heavy atom. The second-order valence-electron chi connectivity index (χ2n) is 14.4. The van der Waals surface area contributed by atoms with Crippen LogP contribution in [0.1, 0.15) is 0 Å². The molecule has 2 nitrogen and oxygen atoms in total. The lowest BCUT2D eigenvalue weighted by Crippen LogP contribution is -2.59. The maximum absolute atomic E-state index is 2.49. The number of anilines is 6. The Hall–Kier alpha value is -6.84. The number of benzene rings is 10. The first-order chi connectivity index (χ1) is 26.3. The molecule has 12 rings (SSSR count). The van der Waals surface area contributed by atoms with E-state index >= 15 is 0 Å². The fraction of sp³-hybridized carbons (Fsp3) is 0. The Bertz CT molecular complexity index is 2980. The maximum Gasteiger partial charge on any atom is 0.248 e. The van der Waals surface area contributed by atoms with Gasteiger partial charge in [0, 0.05) is 34.1 Å². The zero-order valence-electron chi connectivity index (χ0n) is 28.9. The summed E-state index contributed by atoms with van der Waals surface area (Å²) in [6.07, 6.45) is 0. The topological polar surface area (TPSA) is 6.48 Å². The highest BCUT2D eigenvalue weighted by Gasteiger charge is 2.42. The Morgan fingerprint density at radius 3 is 1.68 bits per heavy atom. The van der Waals surface area contributed by atoms with Crippen LogP contribution in [-0.4, -0.2) is 6.71 Å². The van der Waals surface area contributed by atoms with E-state index in [1.807, 2.05) is 0 Å². The quantitative estimate of drug-likeness (QED) is 0.104. The molecule has 0 fully saturated rings. The molecule has 0 N–H and O–H groups in total. The summed E-state index contributed by atoms with van der Waals surface area (Å²) in [5, 5.41) is 10.7. The van der Waals surface area contributed by atoms with Crippen molar-refractivity contribution in [2.24, 2.45) is 0 Å². The van der Waals surface area contributed by atoms with E-state index < -0.39 is 0 Å². The number of hydrogen-bond acceptors (Lipinski definition) is 2. The van der Waals surface area contributed by atoms with Gasteiger partial charge >= 0.3 is 0 Å². The lowest BCUT2D eigenvalue weighted by molar-refractivity contribution is 1.25. The van der Waals surface area contributed by atoms with Crippen molar-refractivity contribution in [1.82, 2.24) is 0 Å². The van der Waals surface area contributed by atoms with Gasteiger partial charge in [0.2, 0.25) is 6.71 Å². The summed E-state index contributed by atoms with van der Waals surface area (Å²) < 4.78 is 0. The molecule has 53 heavy (non-hydrogen) atoms. The van der Waals surface area contributed by atoms with Gasteiger partial charge in [-0.3, -0.25) is 0 Å². The molecule has 0 bridgehead atoms. The van der Waals surface area contributed by atoms with E-state index in [2.05, 4.69) is 198 Å². The number of rotatable bonds is 4. The molecule has 0 amide bonds. The average molecular weight is 671 g/mol. The van der Waals surface area contributed by atoms with Crippen LogP contribution in [0.15, 0.2) is 188 Å². The summed E-state index contributed by atoms with van der Waals surface area (Å²) in [5.74, 6) is 0. The number of fused-ring (bicyclic) bond motifs is 6. The van der Waals surface area contributed by atoms with Crippen LogP contribution in [-0.2, 0) is 0 Å². The summed E-state index contributed by atoms with van der Waals surface area (Å²) >= 11 is 0. The van der Waals surface area contributed by atoms with Crippen molar-refractivity contribution >= 4 is 100 Å². The van der Waals surface area contributed by atoms with Crippen LogP contribution >= 0.6 is 0 Å². The predicted octanol–water partition coefficient (Wildman–Crippen LogP) is 11.5. The minimum atomic E-state index is 0.0804. The van der Waals surface area contributed by atoms with Crippen molar-refractivity contribution in [3.8, 4) is 11.1 Å². The first-order valence-corrected chi connectivity index (χ1v) is 18.5. The lowest BCUT2D eigenvalue weighted by atomic mass is 9.32. The van der Waals surface area contributed by atoms with Gasteiger partial charge in [-0.25, -0.2) is 0 Å². The lowest BCUT2D eigenvalue weighted by Gasteiger charge is -2.41. The van der Waals surface area contributed by atoms with Crippen LogP contribution in [0.3, 0.4) is 0 Å². The van der Waals surface area contributed by atoms with Gasteiger partial charge < -0.3 is 9.80 Å². The van der Waals surface area contributed by atoms with E-state index in [1.165, 1.54) is 82.0 Å². The van der Waals surface area contributed by atoms with E-state index in [9.17, 15) is 0 Å². The third kappa shape index (κ3) is 3.94. The molecule has 0 aromatic heterocycles. The molecule has 0 spiro atoms. The van der Waals surface area contributed by atoms with E-state index in [0.717, 1.165) is 22.7 Å². The Labute approximate surface area is 308 Å². The molecule has 0 saturated carbocycles. The van der Waals surface area contributed by atoms with Crippen LogP contribution in [0.2, 0.25) is 0 Å². The van der Waals surface area contributed by atoms with Gasteiger partial charge in [-0.1, -0.05) is 139 Å². The molecule has 3 heteroatoms. The molecule has 0 atom stereocenters. The van der Waals surface area contributed by atoms with Crippen molar-refractivity contribution in [3.05, 3.63) is 188 Å². The summed E-state index contributed by atoms with van der Waals surface area (Å²) in [4.78, 5) is 4.90. The molecule has 10 aromatic rings.